The number of aliphatic hydroxyl groups excluding tert-OH is 2. The highest BCUT2D eigenvalue weighted by atomic mass is 16.5. The molecular formula is C14H22O3. The summed E-state index contributed by atoms with van der Waals surface area (Å²) in [5.41, 5.74) is 1.13. The zero-order chi connectivity index (χ0) is 12.7. The summed E-state index contributed by atoms with van der Waals surface area (Å²) >= 11 is 0. The van der Waals surface area contributed by atoms with Gasteiger partial charge in [-0.3, -0.25) is 0 Å². The van der Waals surface area contributed by atoms with Crippen LogP contribution in [0.25, 0.3) is 0 Å². The lowest BCUT2D eigenvalue weighted by Gasteiger charge is -2.23. The largest absolute Gasteiger partial charge is 0.396 e. The van der Waals surface area contributed by atoms with Crippen LogP contribution in [-0.2, 0) is 11.3 Å². The fourth-order valence-electron chi connectivity index (χ4n) is 1.70. The van der Waals surface area contributed by atoms with Crippen molar-refractivity contribution in [1.82, 2.24) is 0 Å². The summed E-state index contributed by atoms with van der Waals surface area (Å²) in [6, 6.07) is 9.95. The van der Waals surface area contributed by atoms with Gasteiger partial charge in [-0.05, 0) is 5.56 Å². The highest BCUT2D eigenvalue weighted by Crippen LogP contribution is 2.13. The Morgan fingerprint density at radius 2 is 1.76 bits per heavy atom. The highest BCUT2D eigenvalue weighted by Gasteiger charge is 2.20. The number of hydrogen-bond acceptors (Lipinski definition) is 3. The third-order valence-corrected chi connectivity index (χ3v) is 2.95. The molecule has 96 valence electrons. The Hall–Kier alpha value is -0.900. The Kier molecular flexibility index (Phi) is 6.19. The molecular weight excluding hydrogens is 216 g/mol. The zero-order valence-corrected chi connectivity index (χ0v) is 10.5. The molecule has 3 heteroatoms. The van der Waals surface area contributed by atoms with E-state index >= 15 is 0 Å². The molecule has 1 aromatic carbocycles. The number of aliphatic hydroxyl groups is 2. The Morgan fingerprint density at radius 3 is 2.35 bits per heavy atom. The van der Waals surface area contributed by atoms with Gasteiger partial charge in [0.05, 0.1) is 19.3 Å². The number of benzene rings is 1. The average Bonchev–Trinajstić information content (AvgIpc) is 2.38. The highest BCUT2D eigenvalue weighted by molar-refractivity contribution is 5.13. The molecule has 0 unspecified atom stereocenters. The van der Waals surface area contributed by atoms with Crippen molar-refractivity contribution in [3.05, 3.63) is 35.9 Å². The summed E-state index contributed by atoms with van der Waals surface area (Å²) in [5.74, 6) is -0.0776. The Labute approximate surface area is 103 Å². The smallest absolute Gasteiger partial charge is 0.0717 e. The second-order valence-electron chi connectivity index (χ2n) is 4.63. The van der Waals surface area contributed by atoms with Crippen LogP contribution in [0, 0.1) is 11.8 Å². The standard InChI is InChI=1S/C14H22O3/c1-11(8-15)14(16)12(2)9-17-10-13-6-4-3-5-7-13/h3-7,11-12,14-16H,8-10H2,1-2H3/t11-,12-,14-/m1/s1. The molecule has 0 saturated carbocycles. The van der Waals surface area contributed by atoms with Gasteiger partial charge >= 0.3 is 0 Å². The predicted octanol–water partition coefficient (Wildman–Crippen LogP) is 1.83. The quantitative estimate of drug-likeness (QED) is 0.762. The van der Waals surface area contributed by atoms with Crippen LogP contribution in [0.2, 0.25) is 0 Å². The summed E-state index contributed by atoms with van der Waals surface area (Å²) in [6.45, 7) is 4.83. The SMILES string of the molecule is C[C@H](CO)[C@@H](O)[C@H](C)COCc1ccccc1. The van der Waals surface area contributed by atoms with E-state index in [9.17, 15) is 5.11 Å². The summed E-state index contributed by atoms with van der Waals surface area (Å²) in [4.78, 5) is 0. The molecule has 17 heavy (non-hydrogen) atoms. The molecule has 0 bridgehead atoms. The van der Waals surface area contributed by atoms with Crippen molar-refractivity contribution in [3.63, 3.8) is 0 Å². The van der Waals surface area contributed by atoms with E-state index in [0.717, 1.165) is 5.56 Å². The van der Waals surface area contributed by atoms with Crippen molar-refractivity contribution >= 4 is 0 Å². The first kappa shape index (κ1) is 14.2. The van der Waals surface area contributed by atoms with Crippen molar-refractivity contribution in [2.75, 3.05) is 13.2 Å². The first-order valence-corrected chi connectivity index (χ1v) is 6.05. The van der Waals surface area contributed by atoms with Gasteiger partial charge in [-0.15, -0.1) is 0 Å². The van der Waals surface area contributed by atoms with Crippen LogP contribution < -0.4 is 0 Å². The molecule has 1 rings (SSSR count). The van der Waals surface area contributed by atoms with E-state index in [1.807, 2.05) is 44.2 Å². The van der Waals surface area contributed by atoms with Crippen LogP contribution in [0.4, 0.5) is 0 Å². The molecule has 0 heterocycles. The Bertz CT molecular complexity index is 300. The van der Waals surface area contributed by atoms with Crippen molar-refractivity contribution in [2.24, 2.45) is 11.8 Å². The van der Waals surface area contributed by atoms with Gasteiger partial charge in [-0.1, -0.05) is 44.2 Å². The summed E-state index contributed by atoms with van der Waals surface area (Å²) in [6.07, 6.45) is -0.518. The summed E-state index contributed by atoms with van der Waals surface area (Å²) in [7, 11) is 0. The third-order valence-electron chi connectivity index (χ3n) is 2.95. The second-order valence-corrected chi connectivity index (χ2v) is 4.63. The van der Waals surface area contributed by atoms with Gasteiger partial charge in [0.1, 0.15) is 0 Å². The van der Waals surface area contributed by atoms with E-state index in [1.165, 1.54) is 0 Å². The minimum Gasteiger partial charge on any atom is -0.396 e. The van der Waals surface area contributed by atoms with Crippen LogP contribution in [0.15, 0.2) is 30.3 Å². The minimum atomic E-state index is -0.518. The van der Waals surface area contributed by atoms with Crippen LogP contribution >= 0.6 is 0 Å². The van der Waals surface area contributed by atoms with Gasteiger partial charge in [0, 0.05) is 18.4 Å². The predicted molar refractivity (Wildman–Crippen MR) is 67.5 cm³/mol. The lowest BCUT2D eigenvalue weighted by molar-refractivity contribution is -0.00902. The number of hydrogen-bond donors (Lipinski definition) is 2. The van der Waals surface area contributed by atoms with Gasteiger partial charge in [-0.25, -0.2) is 0 Å². The first-order chi connectivity index (χ1) is 8.15. The van der Waals surface area contributed by atoms with E-state index in [2.05, 4.69) is 0 Å². The molecule has 0 spiro atoms. The maximum absolute atomic E-state index is 9.84. The Morgan fingerprint density at radius 1 is 1.12 bits per heavy atom. The Balaban J connectivity index is 2.27. The van der Waals surface area contributed by atoms with E-state index in [1.54, 1.807) is 0 Å². The minimum absolute atomic E-state index is 0.00416. The number of ether oxygens (including phenoxy) is 1. The molecule has 3 nitrogen and oxygen atoms in total. The first-order valence-electron chi connectivity index (χ1n) is 6.05. The summed E-state index contributed by atoms with van der Waals surface area (Å²) < 4.78 is 5.56. The van der Waals surface area contributed by atoms with Crippen molar-refractivity contribution in [3.8, 4) is 0 Å². The van der Waals surface area contributed by atoms with Crippen molar-refractivity contribution < 1.29 is 14.9 Å². The zero-order valence-electron chi connectivity index (χ0n) is 10.5. The van der Waals surface area contributed by atoms with Crippen LogP contribution in [0.3, 0.4) is 0 Å². The molecule has 0 aliphatic rings. The molecule has 0 aliphatic heterocycles. The summed E-state index contributed by atoms with van der Waals surface area (Å²) in [5, 5.41) is 18.8. The normalized spacial score (nSPS) is 16.5. The maximum atomic E-state index is 9.84. The van der Waals surface area contributed by atoms with E-state index in [4.69, 9.17) is 9.84 Å². The fourth-order valence-corrected chi connectivity index (χ4v) is 1.70. The molecule has 0 saturated heterocycles. The van der Waals surface area contributed by atoms with E-state index < -0.39 is 6.10 Å². The average molecular weight is 238 g/mol. The fraction of sp³-hybridized carbons (Fsp3) is 0.571. The van der Waals surface area contributed by atoms with Crippen LogP contribution in [0.5, 0.6) is 0 Å². The molecule has 0 fully saturated rings. The van der Waals surface area contributed by atoms with Crippen molar-refractivity contribution in [1.29, 1.82) is 0 Å². The van der Waals surface area contributed by atoms with E-state index in [-0.39, 0.29) is 18.4 Å². The molecule has 1 aromatic rings. The van der Waals surface area contributed by atoms with Gasteiger partial charge < -0.3 is 14.9 Å². The molecule has 0 aliphatic carbocycles. The van der Waals surface area contributed by atoms with Crippen LogP contribution in [0.1, 0.15) is 19.4 Å². The maximum Gasteiger partial charge on any atom is 0.0717 e. The van der Waals surface area contributed by atoms with Gasteiger partial charge in [0.2, 0.25) is 0 Å². The molecule has 3 atom stereocenters. The van der Waals surface area contributed by atoms with Crippen molar-refractivity contribution in [2.45, 2.75) is 26.6 Å². The van der Waals surface area contributed by atoms with Gasteiger partial charge in [0.25, 0.3) is 0 Å². The molecule has 2 N–H and O–H groups in total. The molecule has 0 amide bonds. The van der Waals surface area contributed by atoms with Crippen LogP contribution in [-0.4, -0.2) is 29.5 Å². The third kappa shape index (κ3) is 4.86. The lowest BCUT2D eigenvalue weighted by Crippen LogP contribution is -2.30. The second kappa shape index (κ2) is 7.43. The lowest BCUT2D eigenvalue weighted by atomic mass is 9.95. The monoisotopic (exact) mass is 238 g/mol. The topological polar surface area (TPSA) is 49.7 Å². The number of rotatable bonds is 7. The molecule has 0 radical (unpaired) electrons. The van der Waals surface area contributed by atoms with Gasteiger partial charge in [-0.2, -0.15) is 0 Å². The molecule has 0 aromatic heterocycles. The van der Waals surface area contributed by atoms with Gasteiger partial charge in [0.15, 0.2) is 0 Å². The van der Waals surface area contributed by atoms with E-state index in [0.29, 0.717) is 13.2 Å².